The Labute approximate surface area is 381 Å². The molecule has 306 valence electrons. The number of nitrogens with zero attached hydrogens (tertiary/aromatic N) is 3. The molecule has 3 heteroatoms. The maximum absolute atomic E-state index is 5.60. The van der Waals surface area contributed by atoms with E-state index in [-0.39, 0.29) is 0 Å². The zero-order chi connectivity index (χ0) is 43.3. The van der Waals surface area contributed by atoms with Crippen LogP contribution in [0.5, 0.6) is 0 Å². The van der Waals surface area contributed by atoms with Crippen LogP contribution in [-0.4, -0.2) is 14.1 Å². The van der Waals surface area contributed by atoms with Crippen molar-refractivity contribution in [3.05, 3.63) is 237 Å². The highest BCUT2D eigenvalue weighted by Gasteiger charge is 2.22. The zero-order valence-corrected chi connectivity index (χ0v) is 35.9. The van der Waals surface area contributed by atoms with E-state index in [1.165, 1.54) is 87.5 Å². The quantitative estimate of drug-likeness (QED) is 0.147. The molecule has 0 spiro atoms. The average Bonchev–Trinajstić information content (AvgIpc) is 3.92. The van der Waals surface area contributed by atoms with Gasteiger partial charge < -0.3 is 4.57 Å². The molecule has 11 aromatic carbocycles. The van der Waals surface area contributed by atoms with Crippen LogP contribution in [0, 0.1) is 0 Å². The first kappa shape index (κ1) is 36.7. The summed E-state index contributed by atoms with van der Waals surface area (Å²) in [6.07, 6.45) is 0. The molecule has 0 fully saturated rings. The Hall–Kier alpha value is -8.79. The fraction of sp³-hybridized carbons (Fsp3) is 0. The summed E-state index contributed by atoms with van der Waals surface area (Å²) in [5, 5.41) is 10.1. The van der Waals surface area contributed by atoms with Crippen LogP contribution < -0.4 is 0 Å². The second kappa shape index (κ2) is 14.4. The predicted octanol–water partition coefficient (Wildman–Crippen LogP) is 16.8. The van der Waals surface area contributed by atoms with Crippen molar-refractivity contribution in [2.75, 3.05) is 0 Å². The molecule has 0 aliphatic carbocycles. The summed E-state index contributed by atoms with van der Waals surface area (Å²) in [5.41, 5.74) is 17.2. The van der Waals surface area contributed by atoms with Crippen molar-refractivity contribution >= 4 is 65.2 Å². The molecule has 0 saturated heterocycles. The van der Waals surface area contributed by atoms with E-state index in [9.17, 15) is 0 Å². The Morgan fingerprint density at radius 3 is 1.20 bits per heavy atom. The van der Waals surface area contributed by atoms with Gasteiger partial charge in [-0.3, -0.25) is 4.57 Å². The van der Waals surface area contributed by atoms with Crippen LogP contribution in [0.25, 0.3) is 132 Å². The molecule has 3 nitrogen and oxygen atoms in total. The minimum atomic E-state index is 0.883. The summed E-state index contributed by atoms with van der Waals surface area (Å²) in [7, 11) is 0. The van der Waals surface area contributed by atoms with Crippen LogP contribution >= 0.6 is 0 Å². The molecule has 0 aliphatic rings. The third-order valence-electron chi connectivity index (χ3n) is 13.8. The van der Waals surface area contributed by atoms with Crippen molar-refractivity contribution in [1.29, 1.82) is 0 Å². The van der Waals surface area contributed by atoms with Crippen molar-refractivity contribution in [3.63, 3.8) is 0 Å². The van der Waals surface area contributed by atoms with E-state index in [2.05, 4.69) is 246 Å². The lowest BCUT2D eigenvalue weighted by Gasteiger charge is -2.14. The highest BCUT2D eigenvalue weighted by molar-refractivity contribution is 6.27. The van der Waals surface area contributed by atoms with Crippen molar-refractivity contribution in [2.45, 2.75) is 0 Å². The summed E-state index contributed by atoms with van der Waals surface area (Å²) in [6.45, 7) is 0. The first-order valence-corrected chi connectivity index (χ1v) is 22.7. The summed E-state index contributed by atoms with van der Waals surface area (Å²) >= 11 is 0. The Kier molecular flexibility index (Phi) is 7.98. The van der Waals surface area contributed by atoms with Crippen molar-refractivity contribution in [1.82, 2.24) is 14.1 Å². The summed E-state index contributed by atoms with van der Waals surface area (Å²) in [6, 6.07) is 86.4. The van der Waals surface area contributed by atoms with E-state index in [1.807, 2.05) is 0 Å². The van der Waals surface area contributed by atoms with Gasteiger partial charge in [0.2, 0.25) is 0 Å². The molecule has 0 amide bonds. The summed E-state index contributed by atoms with van der Waals surface area (Å²) in [4.78, 5) is 5.60. The van der Waals surface area contributed by atoms with Crippen molar-refractivity contribution in [2.24, 2.45) is 0 Å². The maximum Gasteiger partial charge on any atom is 0.138 e. The molecule has 0 saturated carbocycles. The molecule has 0 radical (unpaired) electrons. The van der Waals surface area contributed by atoms with Gasteiger partial charge in [-0.05, 0) is 127 Å². The largest absolute Gasteiger partial charge is 0.309 e. The third kappa shape index (κ3) is 5.67. The van der Waals surface area contributed by atoms with Gasteiger partial charge in [0.25, 0.3) is 0 Å². The second-order valence-electron chi connectivity index (χ2n) is 17.6. The highest BCUT2D eigenvalue weighted by Crippen LogP contribution is 2.45. The molecule has 3 aromatic heterocycles. The van der Waals surface area contributed by atoms with Gasteiger partial charge in [0.05, 0.1) is 27.8 Å². The highest BCUT2D eigenvalue weighted by atomic mass is 15.1. The topological polar surface area (TPSA) is 22.8 Å². The van der Waals surface area contributed by atoms with Gasteiger partial charge >= 0.3 is 0 Å². The molecule has 0 N–H and O–H groups in total. The van der Waals surface area contributed by atoms with Gasteiger partial charge in [-0.1, -0.05) is 176 Å². The number of pyridine rings is 1. The second-order valence-corrected chi connectivity index (χ2v) is 17.6. The van der Waals surface area contributed by atoms with Crippen LogP contribution in [0.3, 0.4) is 0 Å². The number of rotatable bonds is 7. The van der Waals surface area contributed by atoms with Gasteiger partial charge in [-0.15, -0.1) is 0 Å². The Bertz CT molecular complexity index is 4010. The molecule has 0 aliphatic heterocycles. The first-order valence-electron chi connectivity index (χ1n) is 22.7. The van der Waals surface area contributed by atoms with Gasteiger partial charge in [-0.25, -0.2) is 4.98 Å². The van der Waals surface area contributed by atoms with Crippen LogP contribution in [0.1, 0.15) is 0 Å². The standard InChI is InChI=1S/C63H39N3/c1-4-12-40(13-5-1)42-22-24-44(25-23-42)52-36-54(45-28-26-43(27-29-45)41-14-6-2-7-15-41)64-59(39-52)66-56-21-11-17-47-31-33-49-35-51(38-58(66)63(49)61(47)56)50-34-48-32-30-46-16-10-20-55-60(46)62(48)57(37-50)65(55)53-18-8-3-9-19-53/h1-39H. The number of para-hydroxylation sites is 1. The third-order valence-corrected chi connectivity index (χ3v) is 13.8. The van der Waals surface area contributed by atoms with E-state index in [0.717, 1.165) is 44.9 Å². The van der Waals surface area contributed by atoms with Crippen LogP contribution in [0.4, 0.5) is 0 Å². The smallest absolute Gasteiger partial charge is 0.138 e. The molecule has 0 atom stereocenters. The van der Waals surface area contributed by atoms with Crippen LogP contribution in [0.15, 0.2) is 237 Å². The van der Waals surface area contributed by atoms with E-state index in [0.29, 0.717) is 0 Å². The molecule has 66 heavy (non-hydrogen) atoms. The van der Waals surface area contributed by atoms with Crippen LogP contribution in [-0.2, 0) is 0 Å². The fourth-order valence-electron chi connectivity index (χ4n) is 10.7. The lowest BCUT2D eigenvalue weighted by molar-refractivity contribution is 1.08. The lowest BCUT2D eigenvalue weighted by Crippen LogP contribution is -2.00. The normalized spacial score (nSPS) is 11.9. The first-order chi connectivity index (χ1) is 32.7. The fourth-order valence-corrected chi connectivity index (χ4v) is 10.7. The molecular formula is C63H39N3. The number of hydrogen-bond donors (Lipinski definition) is 0. The van der Waals surface area contributed by atoms with Gasteiger partial charge in [-0.2, -0.15) is 0 Å². The van der Waals surface area contributed by atoms with Crippen LogP contribution in [0.2, 0.25) is 0 Å². The molecule has 0 bridgehead atoms. The number of aromatic nitrogens is 3. The lowest BCUT2D eigenvalue weighted by atomic mass is 9.94. The van der Waals surface area contributed by atoms with E-state index in [4.69, 9.17) is 4.98 Å². The summed E-state index contributed by atoms with van der Waals surface area (Å²) in [5.74, 6) is 0.883. The van der Waals surface area contributed by atoms with Gasteiger partial charge in [0.1, 0.15) is 5.82 Å². The van der Waals surface area contributed by atoms with E-state index in [1.54, 1.807) is 0 Å². The molecule has 14 aromatic rings. The Balaban J connectivity index is 1.00. The minimum Gasteiger partial charge on any atom is -0.309 e. The molecule has 14 rings (SSSR count). The van der Waals surface area contributed by atoms with Gasteiger partial charge in [0, 0.05) is 32.8 Å². The molecular weight excluding hydrogens is 799 g/mol. The summed E-state index contributed by atoms with van der Waals surface area (Å²) < 4.78 is 4.85. The molecule has 3 heterocycles. The Morgan fingerprint density at radius 1 is 0.242 bits per heavy atom. The predicted molar refractivity (Wildman–Crippen MR) is 277 cm³/mol. The SMILES string of the molecule is c1ccc(-c2ccc(-c3cc(-c4ccc(-c5ccccc5)cc4)nc(-n4c5cccc6ccc7cc(-c8cc9ccc%10cccc%11c%10c9c(c8)n%11-c8ccccc8)cc4c7c65)c3)cc2)cc1. The minimum absolute atomic E-state index is 0.883. The maximum atomic E-state index is 5.60. The Morgan fingerprint density at radius 2 is 0.652 bits per heavy atom. The van der Waals surface area contributed by atoms with Crippen molar-refractivity contribution < 1.29 is 0 Å². The van der Waals surface area contributed by atoms with Gasteiger partial charge in [0.15, 0.2) is 0 Å². The van der Waals surface area contributed by atoms with Crippen molar-refractivity contribution in [3.8, 4) is 67.3 Å². The average molecular weight is 838 g/mol. The number of benzene rings is 11. The molecule has 0 unspecified atom stereocenters. The number of hydrogen-bond acceptors (Lipinski definition) is 1. The van der Waals surface area contributed by atoms with E-state index < -0.39 is 0 Å². The zero-order valence-electron chi connectivity index (χ0n) is 35.9. The van der Waals surface area contributed by atoms with E-state index >= 15 is 0 Å². The monoisotopic (exact) mass is 837 g/mol.